The number of benzene rings is 1. The third kappa shape index (κ3) is 0.961. The molecule has 12 heavy (non-hydrogen) atoms. The topological polar surface area (TPSA) is 20.1 Å². The van der Waals surface area contributed by atoms with Gasteiger partial charge in [0, 0.05) is 11.6 Å². The summed E-state index contributed by atoms with van der Waals surface area (Å²) in [5.74, 6) is 0.0833. The maximum Gasteiger partial charge on any atom is 0.389 e. The molecule has 0 bridgehead atoms. The molecule has 1 heterocycles. The van der Waals surface area contributed by atoms with Crippen molar-refractivity contribution in [3.63, 3.8) is 0 Å². The third-order valence-corrected chi connectivity index (χ3v) is 2.08. The fraction of sp³-hybridized carbons (Fsp3) is 0.200. The molecule has 0 spiro atoms. The Morgan fingerprint density at radius 3 is 2.92 bits per heavy atom. The fourth-order valence-electron chi connectivity index (χ4n) is 1.50. The van der Waals surface area contributed by atoms with Crippen LogP contribution in [0.5, 0.6) is 0 Å². The Hall–Kier alpha value is -1.44. The number of carbonyl (C=O) groups is 1. The van der Waals surface area contributed by atoms with E-state index in [0.29, 0.717) is 0 Å². The van der Waals surface area contributed by atoms with Crippen LogP contribution < -0.4 is 0 Å². The zero-order valence-corrected chi connectivity index (χ0v) is 6.95. The summed E-state index contributed by atoms with van der Waals surface area (Å²) in [6, 6.07) is 7.97. The van der Waals surface area contributed by atoms with Gasteiger partial charge < -0.3 is 0 Å². The second kappa shape index (κ2) is 2.55. The number of hydrogen-bond donors (Lipinski definition) is 0. The summed E-state index contributed by atoms with van der Waals surface area (Å²) in [4.78, 5) is 11.1. The quantitative estimate of drug-likeness (QED) is 0.527. The van der Waals surface area contributed by atoms with E-state index in [4.69, 9.17) is 0 Å². The highest BCUT2D eigenvalue weighted by atomic mass is 16.1. The Morgan fingerprint density at radius 2 is 2.17 bits per heavy atom. The molecule has 0 saturated heterocycles. The van der Waals surface area contributed by atoms with E-state index in [0.717, 1.165) is 12.1 Å². The van der Waals surface area contributed by atoms with Crippen molar-refractivity contribution in [2.75, 3.05) is 0 Å². The number of nitrogens with zero attached hydrogens (tertiary/aromatic N) is 1. The predicted octanol–water partition coefficient (Wildman–Crippen LogP) is 1.50. The summed E-state index contributed by atoms with van der Waals surface area (Å²) >= 11 is 0. The van der Waals surface area contributed by atoms with Gasteiger partial charge in [0.05, 0.1) is 13.3 Å². The molecule has 1 aromatic carbocycles. The smallest absolute Gasteiger partial charge is 0.220 e. The van der Waals surface area contributed by atoms with Gasteiger partial charge >= 0.3 is 5.91 Å². The van der Waals surface area contributed by atoms with E-state index >= 15 is 0 Å². The van der Waals surface area contributed by atoms with E-state index in [1.54, 1.807) is 11.5 Å². The van der Waals surface area contributed by atoms with Gasteiger partial charge in [0.1, 0.15) is 0 Å². The molecule has 60 valence electrons. The lowest BCUT2D eigenvalue weighted by Crippen LogP contribution is -2.09. The Balaban J connectivity index is 2.52. The van der Waals surface area contributed by atoms with Gasteiger partial charge in [0.25, 0.3) is 0 Å². The molecular weight excluding hydrogens is 150 g/mol. The molecule has 0 radical (unpaired) electrons. The molecule has 1 amide bonds. The van der Waals surface area contributed by atoms with Gasteiger partial charge in [-0.1, -0.05) is 18.2 Å². The first kappa shape index (κ1) is 7.22. The van der Waals surface area contributed by atoms with Crippen molar-refractivity contribution in [2.45, 2.75) is 13.3 Å². The lowest BCUT2D eigenvalue weighted by molar-refractivity contribution is -0.357. The van der Waals surface area contributed by atoms with Crippen molar-refractivity contribution in [3.8, 4) is 0 Å². The zero-order valence-electron chi connectivity index (χ0n) is 6.95. The van der Waals surface area contributed by atoms with Crippen molar-refractivity contribution in [1.29, 1.82) is 0 Å². The molecule has 2 rings (SSSR count). The lowest BCUT2D eigenvalue weighted by atomic mass is 10.2. The Morgan fingerprint density at radius 1 is 1.42 bits per heavy atom. The summed E-state index contributed by atoms with van der Waals surface area (Å²) in [6.45, 7) is 1.58. The highest BCUT2D eigenvalue weighted by molar-refractivity contribution is 5.79. The number of carbonyl (C=O) groups excluding carboxylic acids is 1. The maximum atomic E-state index is 11.1. The first-order valence-corrected chi connectivity index (χ1v) is 4.00. The molecule has 0 saturated carbocycles. The minimum absolute atomic E-state index is 0.0833. The summed E-state index contributed by atoms with van der Waals surface area (Å²) in [6.07, 6.45) is 2.79. The monoisotopic (exact) mass is 160 g/mol. The van der Waals surface area contributed by atoms with Crippen molar-refractivity contribution in [3.05, 3.63) is 29.8 Å². The molecule has 0 N–H and O–H groups in total. The first-order chi connectivity index (χ1) is 5.79. The van der Waals surface area contributed by atoms with Gasteiger partial charge in [-0.25, -0.2) is 4.79 Å². The van der Waals surface area contributed by atoms with E-state index in [1.165, 1.54) is 5.56 Å². The molecule has 2 nitrogen and oxygen atoms in total. The second-order valence-corrected chi connectivity index (χ2v) is 2.90. The molecule has 0 aromatic heterocycles. The molecule has 1 aromatic rings. The number of hydrogen-bond acceptors (Lipinski definition) is 1. The minimum Gasteiger partial charge on any atom is -0.220 e. The number of para-hydroxylation sites is 1. The van der Waals surface area contributed by atoms with Gasteiger partial charge in [0.15, 0.2) is 6.21 Å². The van der Waals surface area contributed by atoms with Gasteiger partial charge in [-0.05, 0) is 0 Å². The second-order valence-electron chi connectivity index (χ2n) is 2.90. The molecule has 1 aliphatic rings. The van der Waals surface area contributed by atoms with Crippen LogP contribution in [0.4, 0.5) is 5.69 Å². The Bertz CT molecular complexity index is 366. The molecule has 0 atom stereocenters. The maximum absolute atomic E-state index is 11.1. The van der Waals surface area contributed by atoms with E-state index < -0.39 is 0 Å². The van der Waals surface area contributed by atoms with Crippen molar-refractivity contribution in [1.82, 2.24) is 0 Å². The molecule has 2 heteroatoms. The summed E-state index contributed by atoms with van der Waals surface area (Å²) < 4.78 is 1.70. The van der Waals surface area contributed by atoms with Gasteiger partial charge in [-0.15, -0.1) is 4.58 Å². The van der Waals surface area contributed by atoms with Crippen LogP contribution in [0, 0.1) is 0 Å². The number of rotatable bonds is 0. The van der Waals surface area contributed by atoms with Gasteiger partial charge in [-0.3, -0.25) is 0 Å². The predicted molar refractivity (Wildman–Crippen MR) is 46.8 cm³/mol. The van der Waals surface area contributed by atoms with Crippen LogP contribution in [0.3, 0.4) is 0 Å². The van der Waals surface area contributed by atoms with Crippen molar-refractivity contribution >= 4 is 17.8 Å². The molecule has 0 fully saturated rings. The summed E-state index contributed by atoms with van der Waals surface area (Å²) in [7, 11) is 0. The van der Waals surface area contributed by atoms with Crippen LogP contribution in [-0.4, -0.2) is 16.7 Å². The standard InChI is InChI=1S/C10H10NO/c1-8(12)11-7-6-9-4-2-3-5-10(9)11/h2-5,7H,6H2,1H3/q+1. The van der Waals surface area contributed by atoms with E-state index in [9.17, 15) is 4.79 Å². The largest absolute Gasteiger partial charge is 0.389 e. The summed E-state index contributed by atoms with van der Waals surface area (Å²) in [5, 5.41) is 0. The van der Waals surface area contributed by atoms with Crippen LogP contribution in [0.2, 0.25) is 0 Å². The van der Waals surface area contributed by atoms with E-state index in [1.807, 2.05) is 24.4 Å². The molecule has 0 unspecified atom stereocenters. The van der Waals surface area contributed by atoms with Crippen LogP contribution in [0.15, 0.2) is 24.3 Å². The summed E-state index contributed by atoms with van der Waals surface area (Å²) in [5.41, 5.74) is 2.26. The Labute approximate surface area is 71.2 Å². The fourth-order valence-corrected chi connectivity index (χ4v) is 1.50. The molecule has 1 aliphatic heterocycles. The Kier molecular flexibility index (Phi) is 1.54. The van der Waals surface area contributed by atoms with E-state index in [-0.39, 0.29) is 5.91 Å². The number of fused-ring (bicyclic) bond motifs is 1. The van der Waals surface area contributed by atoms with Crippen LogP contribution in [0.25, 0.3) is 0 Å². The van der Waals surface area contributed by atoms with Gasteiger partial charge in [0.2, 0.25) is 5.69 Å². The normalized spacial score (nSPS) is 13.9. The number of amides is 1. The SMILES string of the molecule is CC(=O)[N+]1=CCc2ccccc21. The minimum atomic E-state index is 0.0833. The first-order valence-electron chi connectivity index (χ1n) is 4.00. The van der Waals surface area contributed by atoms with Crippen molar-refractivity contribution in [2.24, 2.45) is 0 Å². The molecular formula is C10H10NO+. The average Bonchev–Trinajstić information content (AvgIpc) is 2.47. The van der Waals surface area contributed by atoms with Crippen LogP contribution in [-0.2, 0) is 11.2 Å². The highest BCUT2D eigenvalue weighted by Gasteiger charge is 2.24. The molecule has 0 aliphatic carbocycles. The van der Waals surface area contributed by atoms with E-state index in [2.05, 4.69) is 6.07 Å². The zero-order chi connectivity index (χ0) is 8.55. The average molecular weight is 160 g/mol. The van der Waals surface area contributed by atoms with Crippen LogP contribution >= 0.6 is 0 Å². The van der Waals surface area contributed by atoms with Crippen molar-refractivity contribution < 1.29 is 9.37 Å². The van der Waals surface area contributed by atoms with Crippen LogP contribution in [0.1, 0.15) is 12.5 Å². The van der Waals surface area contributed by atoms with Gasteiger partial charge in [-0.2, -0.15) is 0 Å². The lowest BCUT2D eigenvalue weighted by Gasteiger charge is -1.93. The third-order valence-electron chi connectivity index (χ3n) is 2.08. The highest BCUT2D eigenvalue weighted by Crippen LogP contribution is 2.22.